The Hall–Kier alpha value is -2.21. The molecule has 0 unspecified atom stereocenters. The molecule has 6 heteroatoms. The van der Waals surface area contributed by atoms with Crippen LogP contribution in [0.25, 0.3) is 6.08 Å². The molecule has 5 nitrogen and oxygen atoms in total. The predicted octanol–water partition coefficient (Wildman–Crippen LogP) is 2.19. The summed E-state index contributed by atoms with van der Waals surface area (Å²) in [6.45, 7) is 4.18. The van der Waals surface area contributed by atoms with E-state index < -0.39 is 0 Å². The number of amides is 2. The first-order valence-corrected chi connectivity index (χ1v) is 8.48. The Kier molecular flexibility index (Phi) is 4.41. The van der Waals surface area contributed by atoms with Crippen LogP contribution in [0.4, 0.5) is 5.69 Å². The van der Waals surface area contributed by atoms with Gasteiger partial charge in [0, 0.05) is 32.9 Å². The average Bonchev–Trinajstić information content (AvgIpc) is 3.11. The summed E-state index contributed by atoms with van der Waals surface area (Å²) in [6.07, 6.45) is 4.13. The lowest BCUT2D eigenvalue weighted by Crippen LogP contribution is -2.52. The molecule has 24 heavy (non-hydrogen) atoms. The van der Waals surface area contributed by atoms with Gasteiger partial charge in [0.25, 0.3) is 11.8 Å². The fourth-order valence-corrected chi connectivity index (χ4v) is 3.29. The Bertz CT molecular complexity index is 725. The smallest absolute Gasteiger partial charge is 0.265 e. The third-order valence-corrected chi connectivity index (χ3v) is 5.22. The van der Waals surface area contributed by atoms with E-state index in [1.54, 1.807) is 20.2 Å². The number of hydrogen-bond donors (Lipinski definition) is 0. The van der Waals surface area contributed by atoms with E-state index in [1.807, 2.05) is 13.0 Å². The Balaban J connectivity index is 1.94. The molecule has 1 aromatic carbocycles. The highest BCUT2D eigenvalue weighted by atomic mass is 32.1. The zero-order chi connectivity index (χ0) is 17.4. The Labute approximate surface area is 147 Å². The summed E-state index contributed by atoms with van der Waals surface area (Å²) >= 11 is 5.10. The first kappa shape index (κ1) is 16.6. The second-order valence-electron chi connectivity index (χ2n) is 6.30. The van der Waals surface area contributed by atoms with E-state index in [0.717, 1.165) is 24.2 Å². The highest BCUT2D eigenvalue weighted by Crippen LogP contribution is 2.25. The largest absolute Gasteiger partial charge is 0.372 e. The zero-order valence-corrected chi connectivity index (χ0v) is 15.0. The molecular formula is C18H21N3O2S. The van der Waals surface area contributed by atoms with Crippen LogP contribution in [0.5, 0.6) is 0 Å². The molecule has 0 aromatic heterocycles. The second kappa shape index (κ2) is 6.36. The molecule has 0 atom stereocenters. The van der Waals surface area contributed by atoms with Gasteiger partial charge in [-0.1, -0.05) is 6.07 Å². The van der Waals surface area contributed by atoms with Crippen LogP contribution in [0, 0.1) is 6.92 Å². The molecule has 0 aliphatic carbocycles. The lowest BCUT2D eigenvalue weighted by Gasteiger charge is -2.31. The van der Waals surface area contributed by atoms with Crippen molar-refractivity contribution in [3.05, 3.63) is 34.9 Å². The molecule has 0 bridgehead atoms. The summed E-state index contributed by atoms with van der Waals surface area (Å²) in [4.78, 5) is 29.8. The summed E-state index contributed by atoms with van der Waals surface area (Å²) in [5.41, 5.74) is 3.27. The van der Waals surface area contributed by atoms with Crippen molar-refractivity contribution < 1.29 is 9.59 Å². The van der Waals surface area contributed by atoms with Gasteiger partial charge in [-0.05, 0) is 61.3 Å². The van der Waals surface area contributed by atoms with E-state index >= 15 is 0 Å². The van der Waals surface area contributed by atoms with Gasteiger partial charge in [0.1, 0.15) is 5.57 Å². The van der Waals surface area contributed by atoms with Gasteiger partial charge in [-0.2, -0.15) is 0 Å². The van der Waals surface area contributed by atoms with Crippen LogP contribution >= 0.6 is 12.2 Å². The molecule has 2 aliphatic heterocycles. The maximum Gasteiger partial charge on any atom is 0.265 e. The van der Waals surface area contributed by atoms with Crippen LogP contribution in [0.1, 0.15) is 24.0 Å². The average molecular weight is 343 g/mol. The minimum Gasteiger partial charge on any atom is -0.372 e. The molecule has 1 aromatic rings. The first-order valence-electron chi connectivity index (χ1n) is 8.07. The Morgan fingerprint density at radius 2 is 1.62 bits per heavy atom. The number of nitrogens with zero attached hydrogens (tertiary/aromatic N) is 3. The number of likely N-dealkylation sites (N-methyl/N-ethyl adjacent to an activating group) is 2. The van der Waals surface area contributed by atoms with Crippen molar-refractivity contribution >= 4 is 40.9 Å². The molecule has 0 spiro atoms. The van der Waals surface area contributed by atoms with Crippen molar-refractivity contribution in [1.29, 1.82) is 0 Å². The molecule has 3 rings (SSSR count). The maximum absolute atomic E-state index is 12.4. The van der Waals surface area contributed by atoms with Crippen LogP contribution in [-0.2, 0) is 9.59 Å². The van der Waals surface area contributed by atoms with Crippen molar-refractivity contribution in [3.63, 3.8) is 0 Å². The number of carbonyl (C=O) groups excluding carboxylic acids is 2. The minimum absolute atomic E-state index is 0.144. The molecule has 0 radical (unpaired) electrons. The SMILES string of the molecule is Cc1cc(N2CCCC2)ccc1C=C1C(=O)N(C)C(=S)N(C)C1=O. The molecule has 2 aliphatic rings. The van der Waals surface area contributed by atoms with Crippen LogP contribution < -0.4 is 4.90 Å². The molecule has 2 amide bonds. The number of thiocarbonyl (C=S) groups is 1. The lowest BCUT2D eigenvalue weighted by atomic mass is 10.0. The highest BCUT2D eigenvalue weighted by Gasteiger charge is 2.35. The molecule has 2 heterocycles. The van der Waals surface area contributed by atoms with Crippen LogP contribution in [-0.4, -0.2) is 53.9 Å². The fraction of sp³-hybridized carbons (Fsp3) is 0.389. The van der Waals surface area contributed by atoms with Gasteiger partial charge in [-0.25, -0.2) is 0 Å². The molecule has 2 saturated heterocycles. The number of carbonyl (C=O) groups is 2. The Morgan fingerprint density at radius 3 is 2.17 bits per heavy atom. The second-order valence-corrected chi connectivity index (χ2v) is 6.67. The molecule has 0 N–H and O–H groups in total. The third kappa shape index (κ3) is 2.82. The van der Waals surface area contributed by atoms with Gasteiger partial charge in [0.15, 0.2) is 5.11 Å². The van der Waals surface area contributed by atoms with Crippen LogP contribution in [0.15, 0.2) is 23.8 Å². The third-order valence-electron chi connectivity index (χ3n) is 4.67. The van der Waals surface area contributed by atoms with Gasteiger partial charge < -0.3 is 4.90 Å². The van der Waals surface area contributed by atoms with E-state index in [2.05, 4.69) is 17.0 Å². The summed E-state index contributed by atoms with van der Waals surface area (Å²) in [6, 6.07) is 6.15. The van der Waals surface area contributed by atoms with Gasteiger partial charge in [0.05, 0.1) is 0 Å². The highest BCUT2D eigenvalue weighted by molar-refractivity contribution is 7.80. The maximum atomic E-state index is 12.4. The Morgan fingerprint density at radius 1 is 1.04 bits per heavy atom. The van der Waals surface area contributed by atoms with Gasteiger partial charge >= 0.3 is 0 Å². The topological polar surface area (TPSA) is 43.9 Å². The summed E-state index contributed by atoms with van der Waals surface area (Å²) in [5, 5.41) is 0.225. The lowest BCUT2D eigenvalue weighted by molar-refractivity contribution is -0.132. The summed E-state index contributed by atoms with van der Waals surface area (Å²) in [7, 11) is 3.18. The van der Waals surface area contributed by atoms with E-state index in [1.165, 1.54) is 28.3 Å². The molecular weight excluding hydrogens is 322 g/mol. The predicted molar refractivity (Wildman–Crippen MR) is 98.7 cm³/mol. The normalized spacial score (nSPS) is 18.7. The fourth-order valence-electron chi connectivity index (χ4n) is 3.12. The van der Waals surface area contributed by atoms with Gasteiger partial charge in [-0.15, -0.1) is 0 Å². The molecule has 2 fully saturated rings. The van der Waals surface area contributed by atoms with Gasteiger partial charge in [0.2, 0.25) is 0 Å². The van der Waals surface area contributed by atoms with Crippen molar-refractivity contribution in [2.45, 2.75) is 19.8 Å². The molecule has 126 valence electrons. The minimum atomic E-state index is -0.355. The number of hydrogen-bond acceptors (Lipinski definition) is 4. The number of anilines is 1. The van der Waals surface area contributed by atoms with Gasteiger partial charge in [-0.3, -0.25) is 19.4 Å². The van der Waals surface area contributed by atoms with Crippen molar-refractivity contribution in [2.24, 2.45) is 0 Å². The summed E-state index contributed by atoms with van der Waals surface area (Å²) in [5.74, 6) is -0.711. The number of aryl methyl sites for hydroxylation is 1. The summed E-state index contributed by atoms with van der Waals surface area (Å²) < 4.78 is 0. The van der Waals surface area contributed by atoms with E-state index in [4.69, 9.17) is 12.2 Å². The standard InChI is InChI=1S/C18H21N3O2S/c1-12-10-14(21-8-4-5-9-21)7-6-13(12)11-15-16(22)19(2)18(24)20(3)17(15)23/h6-7,10-11H,4-5,8-9H2,1-3H3. The van der Waals surface area contributed by atoms with E-state index in [9.17, 15) is 9.59 Å². The van der Waals surface area contributed by atoms with Crippen LogP contribution in [0.3, 0.4) is 0 Å². The monoisotopic (exact) mass is 343 g/mol. The quantitative estimate of drug-likeness (QED) is 0.469. The number of benzene rings is 1. The van der Waals surface area contributed by atoms with Crippen molar-refractivity contribution in [3.8, 4) is 0 Å². The van der Waals surface area contributed by atoms with E-state index in [0.29, 0.717) is 0 Å². The van der Waals surface area contributed by atoms with Crippen molar-refractivity contribution in [1.82, 2.24) is 9.80 Å². The van der Waals surface area contributed by atoms with Crippen LogP contribution in [0.2, 0.25) is 0 Å². The molecule has 0 saturated carbocycles. The van der Waals surface area contributed by atoms with Crippen molar-refractivity contribution in [2.75, 3.05) is 32.1 Å². The zero-order valence-electron chi connectivity index (χ0n) is 14.2. The number of rotatable bonds is 2. The van der Waals surface area contributed by atoms with E-state index in [-0.39, 0.29) is 22.5 Å². The first-order chi connectivity index (χ1) is 11.4.